The molecule has 0 heterocycles. The van der Waals surface area contributed by atoms with Crippen LogP contribution in [-0.2, 0) is 5.41 Å². The van der Waals surface area contributed by atoms with Gasteiger partial charge in [0.25, 0.3) is 0 Å². The standard InChI is InChI=1S/C55H38/c1-55(2)51-34-42(30-31-45(51)50-32-40-13-3-4-14-41(40)33-52(50)55)35-22-26-38(27-23-35)53-46-17-7-9-19-48(46)54(49-20-10-8-18-47(49)53)39-28-24-37(25-29-39)44-21-11-15-36-12-5-6-16-43(36)44/h3-34H,1-2H3. The third kappa shape index (κ3) is 4.92. The Hall–Kier alpha value is -6.76. The van der Waals surface area contributed by atoms with Crippen molar-refractivity contribution in [1.82, 2.24) is 0 Å². The lowest BCUT2D eigenvalue weighted by Gasteiger charge is -2.22. The molecule has 0 nitrogen and oxygen atoms in total. The zero-order valence-electron chi connectivity index (χ0n) is 31.0. The summed E-state index contributed by atoms with van der Waals surface area (Å²) in [6.45, 7) is 4.75. The third-order valence-electron chi connectivity index (χ3n) is 12.3. The predicted octanol–water partition coefficient (Wildman–Crippen LogP) is 15.3. The van der Waals surface area contributed by atoms with Gasteiger partial charge in [0.05, 0.1) is 0 Å². The van der Waals surface area contributed by atoms with E-state index >= 15 is 0 Å². The van der Waals surface area contributed by atoms with Crippen LogP contribution in [0.4, 0.5) is 0 Å². The normalized spacial score (nSPS) is 13.1. The van der Waals surface area contributed by atoms with Crippen LogP contribution in [0.3, 0.4) is 0 Å². The first-order chi connectivity index (χ1) is 27.0. The Morgan fingerprint density at radius 3 is 1.31 bits per heavy atom. The Kier molecular flexibility index (Phi) is 7.00. The maximum Gasteiger partial charge on any atom is 0.0159 e. The molecule has 0 aliphatic heterocycles. The van der Waals surface area contributed by atoms with Crippen molar-refractivity contribution in [1.29, 1.82) is 0 Å². The van der Waals surface area contributed by atoms with Crippen molar-refractivity contribution in [2.24, 2.45) is 0 Å². The lowest BCUT2D eigenvalue weighted by Crippen LogP contribution is -2.15. The molecule has 1 aliphatic carbocycles. The van der Waals surface area contributed by atoms with Crippen molar-refractivity contribution in [2.45, 2.75) is 19.3 Å². The summed E-state index contributed by atoms with van der Waals surface area (Å²) >= 11 is 0. The maximum absolute atomic E-state index is 2.43. The third-order valence-corrected chi connectivity index (χ3v) is 12.3. The van der Waals surface area contributed by atoms with E-state index in [0.29, 0.717) is 0 Å². The van der Waals surface area contributed by atoms with E-state index in [1.165, 1.54) is 110 Å². The molecule has 258 valence electrons. The fourth-order valence-corrected chi connectivity index (χ4v) is 9.47. The van der Waals surface area contributed by atoms with Crippen molar-refractivity contribution >= 4 is 43.1 Å². The van der Waals surface area contributed by atoms with Gasteiger partial charge in [-0.05, 0) is 128 Å². The molecule has 0 spiro atoms. The van der Waals surface area contributed by atoms with E-state index in [2.05, 4.69) is 208 Å². The molecule has 0 radical (unpaired) electrons. The van der Waals surface area contributed by atoms with Gasteiger partial charge in [0, 0.05) is 5.41 Å². The van der Waals surface area contributed by atoms with E-state index in [1.807, 2.05) is 0 Å². The molecule has 0 saturated heterocycles. The molecule has 0 unspecified atom stereocenters. The molecule has 0 N–H and O–H groups in total. The van der Waals surface area contributed by atoms with Gasteiger partial charge >= 0.3 is 0 Å². The summed E-state index contributed by atoms with van der Waals surface area (Å²) < 4.78 is 0. The summed E-state index contributed by atoms with van der Waals surface area (Å²) in [6, 6.07) is 72.1. The summed E-state index contributed by atoms with van der Waals surface area (Å²) in [5.41, 5.74) is 15.5. The van der Waals surface area contributed by atoms with Crippen LogP contribution >= 0.6 is 0 Å². The number of rotatable bonds is 4. The highest BCUT2D eigenvalue weighted by molar-refractivity contribution is 6.21. The summed E-state index contributed by atoms with van der Waals surface area (Å²) in [6.07, 6.45) is 0. The fourth-order valence-electron chi connectivity index (χ4n) is 9.47. The summed E-state index contributed by atoms with van der Waals surface area (Å²) in [7, 11) is 0. The zero-order chi connectivity index (χ0) is 36.7. The van der Waals surface area contributed by atoms with Gasteiger partial charge in [0.15, 0.2) is 0 Å². The molecule has 1 aliphatic rings. The van der Waals surface area contributed by atoms with Crippen LogP contribution in [-0.4, -0.2) is 0 Å². The molecule has 10 aromatic carbocycles. The maximum atomic E-state index is 2.43. The molecule has 0 bridgehead atoms. The topological polar surface area (TPSA) is 0 Å². The van der Waals surface area contributed by atoms with E-state index < -0.39 is 0 Å². The van der Waals surface area contributed by atoms with Crippen molar-refractivity contribution in [3.63, 3.8) is 0 Å². The summed E-state index contributed by atoms with van der Waals surface area (Å²) in [4.78, 5) is 0. The number of fused-ring (bicyclic) bond motifs is 7. The van der Waals surface area contributed by atoms with Crippen LogP contribution in [0.5, 0.6) is 0 Å². The van der Waals surface area contributed by atoms with Gasteiger partial charge in [0.2, 0.25) is 0 Å². The smallest absolute Gasteiger partial charge is 0.0159 e. The van der Waals surface area contributed by atoms with Crippen molar-refractivity contribution < 1.29 is 0 Å². The quantitative estimate of drug-likeness (QED) is 0.161. The molecule has 55 heavy (non-hydrogen) atoms. The highest BCUT2D eigenvalue weighted by Crippen LogP contribution is 2.51. The van der Waals surface area contributed by atoms with Crippen LogP contribution < -0.4 is 0 Å². The van der Waals surface area contributed by atoms with Crippen molar-refractivity contribution in [3.8, 4) is 55.6 Å². The van der Waals surface area contributed by atoms with Crippen molar-refractivity contribution in [2.75, 3.05) is 0 Å². The van der Waals surface area contributed by atoms with Crippen LogP contribution in [0.25, 0.3) is 98.7 Å². The van der Waals surface area contributed by atoms with E-state index in [-0.39, 0.29) is 5.41 Å². The second-order valence-corrected chi connectivity index (χ2v) is 15.7. The molecular formula is C55H38. The molecule has 0 aromatic heterocycles. The van der Waals surface area contributed by atoms with Gasteiger partial charge in [-0.1, -0.05) is 190 Å². The van der Waals surface area contributed by atoms with E-state index in [4.69, 9.17) is 0 Å². The van der Waals surface area contributed by atoms with Gasteiger partial charge in [0.1, 0.15) is 0 Å². The minimum Gasteiger partial charge on any atom is -0.0616 e. The van der Waals surface area contributed by atoms with Crippen LogP contribution in [0, 0.1) is 0 Å². The highest BCUT2D eigenvalue weighted by atomic mass is 14.4. The Morgan fingerprint density at radius 1 is 0.273 bits per heavy atom. The Labute approximate surface area is 322 Å². The van der Waals surface area contributed by atoms with Gasteiger partial charge in [-0.2, -0.15) is 0 Å². The second-order valence-electron chi connectivity index (χ2n) is 15.7. The SMILES string of the molecule is CC1(C)c2cc(-c3ccc(-c4c5ccccc5c(-c5ccc(-c6cccc7ccccc67)cc5)c5ccccc45)cc3)ccc2-c2cc3ccccc3cc21. The lowest BCUT2D eigenvalue weighted by molar-refractivity contribution is 0.661. The van der Waals surface area contributed by atoms with Crippen LogP contribution in [0.1, 0.15) is 25.0 Å². The van der Waals surface area contributed by atoms with Crippen LogP contribution in [0.2, 0.25) is 0 Å². The Balaban J connectivity index is 0.997. The fraction of sp³-hybridized carbons (Fsp3) is 0.0545. The van der Waals surface area contributed by atoms with Gasteiger partial charge < -0.3 is 0 Å². The van der Waals surface area contributed by atoms with Crippen LogP contribution in [0.15, 0.2) is 194 Å². The molecule has 10 aromatic rings. The molecule has 0 atom stereocenters. The minimum atomic E-state index is -0.0690. The highest BCUT2D eigenvalue weighted by Gasteiger charge is 2.36. The van der Waals surface area contributed by atoms with Crippen molar-refractivity contribution in [3.05, 3.63) is 205 Å². The van der Waals surface area contributed by atoms with E-state index in [9.17, 15) is 0 Å². The average Bonchev–Trinajstić information content (AvgIpc) is 3.46. The van der Waals surface area contributed by atoms with Gasteiger partial charge in [-0.25, -0.2) is 0 Å². The zero-order valence-corrected chi connectivity index (χ0v) is 31.0. The molecule has 0 saturated carbocycles. The first-order valence-electron chi connectivity index (χ1n) is 19.3. The first kappa shape index (κ1) is 31.7. The van der Waals surface area contributed by atoms with Gasteiger partial charge in [-0.15, -0.1) is 0 Å². The number of benzene rings is 10. The molecule has 11 rings (SSSR count). The first-order valence-corrected chi connectivity index (χ1v) is 19.3. The molecular weight excluding hydrogens is 661 g/mol. The number of hydrogen-bond donors (Lipinski definition) is 0. The monoisotopic (exact) mass is 698 g/mol. The Bertz CT molecular complexity index is 3080. The minimum absolute atomic E-state index is 0.0690. The molecule has 0 fully saturated rings. The molecule has 0 amide bonds. The lowest BCUT2D eigenvalue weighted by atomic mass is 9.81. The summed E-state index contributed by atoms with van der Waals surface area (Å²) in [5.74, 6) is 0. The summed E-state index contributed by atoms with van der Waals surface area (Å²) in [5, 5.41) is 10.2. The predicted molar refractivity (Wildman–Crippen MR) is 236 cm³/mol. The van der Waals surface area contributed by atoms with E-state index in [0.717, 1.165) is 0 Å². The average molecular weight is 699 g/mol. The largest absolute Gasteiger partial charge is 0.0616 e. The molecule has 0 heteroatoms. The van der Waals surface area contributed by atoms with Gasteiger partial charge in [-0.3, -0.25) is 0 Å². The Morgan fingerprint density at radius 2 is 0.709 bits per heavy atom. The van der Waals surface area contributed by atoms with E-state index in [1.54, 1.807) is 0 Å². The second kappa shape index (κ2) is 12.1. The number of hydrogen-bond acceptors (Lipinski definition) is 0.